The number of rotatable bonds is 3. The third kappa shape index (κ3) is 3.30. The van der Waals surface area contributed by atoms with Gasteiger partial charge in [-0.1, -0.05) is 5.16 Å². The minimum absolute atomic E-state index is 0.00209. The van der Waals surface area contributed by atoms with Gasteiger partial charge in [0.15, 0.2) is 5.84 Å². The van der Waals surface area contributed by atoms with Crippen LogP contribution >= 0.6 is 0 Å². The van der Waals surface area contributed by atoms with E-state index >= 15 is 0 Å². The number of hydrogen-bond acceptors (Lipinski definition) is 4. The fraction of sp³-hybridized carbons (Fsp3) is 0.0667. The number of anilines is 1. The number of benzene rings is 2. The van der Waals surface area contributed by atoms with Crippen molar-refractivity contribution in [2.24, 2.45) is 10.9 Å². The molecule has 0 atom stereocenters. The molecule has 0 radical (unpaired) electrons. The molecule has 0 bridgehead atoms. The molecule has 0 unspecified atom stereocenters. The molecule has 0 aliphatic rings. The van der Waals surface area contributed by atoms with Crippen molar-refractivity contribution < 1.29 is 15.1 Å². The first-order valence-corrected chi connectivity index (χ1v) is 6.20. The molecule has 6 nitrogen and oxygen atoms in total. The average molecular weight is 285 g/mol. The molecule has 0 heterocycles. The minimum Gasteiger partial charge on any atom is -0.508 e. The number of aromatic hydroxyl groups is 1. The van der Waals surface area contributed by atoms with Crippen LogP contribution in [0.5, 0.6) is 5.75 Å². The summed E-state index contributed by atoms with van der Waals surface area (Å²) >= 11 is 0. The van der Waals surface area contributed by atoms with Crippen molar-refractivity contribution in [3.05, 3.63) is 59.2 Å². The number of phenolic OH excluding ortho intramolecular Hbond substituents is 1. The molecule has 0 fully saturated rings. The third-order valence-corrected chi connectivity index (χ3v) is 3.00. The Hall–Kier alpha value is -3.02. The van der Waals surface area contributed by atoms with Gasteiger partial charge >= 0.3 is 0 Å². The number of aryl methyl sites for hydroxylation is 1. The van der Waals surface area contributed by atoms with Gasteiger partial charge in [-0.05, 0) is 55.0 Å². The van der Waals surface area contributed by atoms with Crippen LogP contribution in [0.15, 0.2) is 47.6 Å². The molecule has 21 heavy (non-hydrogen) atoms. The van der Waals surface area contributed by atoms with Crippen molar-refractivity contribution in [1.82, 2.24) is 0 Å². The fourth-order valence-corrected chi connectivity index (χ4v) is 1.88. The highest BCUT2D eigenvalue weighted by Gasteiger charge is 2.10. The molecule has 0 saturated carbocycles. The topological polar surface area (TPSA) is 108 Å². The van der Waals surface area contributed by atoms with Crippen LogP contribution in [0.4, 0.5) is 5.69 Å². The lowest BCUT2D eigenvalue weighted by Gasteiger charge is -2.08. The van der Waals surface area contributed by atoms with Crippen molar-refractivity contribution in [3.63, 3.8) is 0 Å². The zero-order chi connectivity index (χ0) is 15.4. The molecule has 0 saturated heterocycles. The number of amidine groups is 1. The number of nitrogens with two attached hydrogens (primary N) is 1. The predicted octanol–water partition coefficient (Wildman–Crippen LogP) is 2.05. The van der Waals surface area contributed by atoms with Crippen molar-refractivity contribution in [2.45, 2.75) is 6.92 Å². The molecule has 5 N–H and O–H groups in total. The second-order valence-electron chi connectivity index (χ2n) is 4.52. The largest absolute Gasteiger partial charge is 0.508 e. The SMILES string of the molecule is Cc1cc(O)ccc1C(=O)Nc1ccc(/C(N)=N/O)cc1. The predicted molar refractivity (Wildman–Crippen MR) is 79.7 cm³/mol. The molecule has 0 aliphatic carbocycles. The van der Waals surface area contributed by atoms with Gasteiger partial charge in [0.05, 0.1) is 0 Å². The first kappa shape index (κ1) is 14.4. The molecule has 108 valence electrons. The smallest absolute Gasteiger partial charge is 0.255 e. The summed E-state index contributed by atoms with van der Waals surface area (Å²) in [6.45, 7) is 1.75. The van der Waals surface area contributed by atoms with Crippen LogP contribution in [0.3, 0.4) is 0 Å². The summed E-state index contributed by atoms with van der Waals surface area (Å²) in [6.07, 6.45) is 0. The molecule has 0 aromatic heterocycles. The zero-order valence-corrected chi connectivity index (χ0v) is 11.4. The summed E-state index contributed by atoms with van der Waals surface area (Å²) in [4.78, 5) is 12.1. The first-order valence-electron chi connectivity index (χ1n) is 6.20. The monoisotopic (exact) mass is 285 g/mol. The van der Waals surface area contributed by atoms with Crippen LogP contribution in [-0.2, 0) is 0 Å². The molecule has 2 aromatic carbocycles. The zero-order valence-electron chi connectivity index (χ0n) is 11.4. The summed E-state index contributed by atoms with van der Waals surface area (Å²) in [6, 6.07) is 11.1. The quantitative estimate of drug-likeness (QED) is 0.299. The highest BCUT2D eigenvalue weighted by atomic mass is 16.4. The Balaban J connectivity index is 2.16. The Morgan fingerprint density at radius 3 is 2.43 bits per heavy atom. The lowest BCUT2D eigenvalue weighted by atomic mass is 10.1. The van der Waals surface area contributed by atoms with E-state index in [4.69, 9.17) is 10.9 Å². The standard InChI is InChI=1S/C15H15N3O3/c1-9-8-12(19)6-7-13(9)15(20)17-11-4-2-10(3-5-11)14(16)18-21/h2-8,19,21H,1H3,(H2,16,18)(H,17,20). The maximum atomic E-state index is 12.1. The molecule has 2 rings (SSSR count). The molecular weight excluding hydrogens is 270 g/mol. The van der Waals surface area contributed by atoms with Gasteiger partial charge in [-0.15, -0.1) is 0 Å². The van der Waals surface area contributed by atoms with Gasteiger partial charge in [-0.2, -0.15) is 0 Å². The van der Waals surface area contributed by atoms with Gasteiger partial charge in [0.25, 0.3) is 5.91 Å². The highest BCUT2D eigenvalue weighted by molar-refractivity contribution is 6.05. The van der Waals surface area contributed by atoms with E-state index < -0.39 is 0 Å². The molecule has 6 heteroatoms. The Labute approximate surface area is 121 Å². The van der Waals surface area contributed by atoms with Crippen LogP contribution in [0.2, 0.25) is 0 Å². The highest BCUT2D eigenvalue weighted by Crippen LogP contribution is 2.17. The number of phenols is 1. The number of carbonyl (C=O) groups is 1. The van der Waals surface area contributed by atoms with E-state index in [1.165, 1.54) is 12.1 Å². The number of hydrogen-bond donors (Lipinski definition) is 4. The van der Waals surface area contributed by atoms with Crippen molar-refractivity contribution >= 4 is 17.4 Å². The number of nitrogens with zero attached hydrogens (tertiary/aromatic N) is 1. The summed E-state index contributed by atoms with van der Waals surface area (Å²) in [5.41, 5.74) is 7.76. The van der Waals surface area contributed by atoms with Crippen LogP contribution in [-0.4, -0.2) is 22.1 Å². The summed E-state index contributed by atoms with van der Waals surface area (Å²) in [5, 5.41) is 23.6. The fourth-order valence-electron chi connectivity index (χ4n) is 1.88. The molecule has 0 aliphatic heterocycles. The molecule has 0 spiro atoms. The second kappa shape index (κ2) is 5.96. The Kier molecular flexibility index (Phi) is 4.08. The van der Waals surface area contributed by atoms with Gasteiger partial charge in [0, 0.05) is 16.8 Å². The Morgan fingerprint density at radius 1 is 1.19 bits per heavy atom. The van der Waals surface area contributed by atoms with Crippen LogP contribution < -0.4 is 11.1 Å². The minimum atomic E-state index is -0.274. The number of nitrogens with one attached hydrogen (secondary N) is 1. The molecule has 2 aromatic rings. The van der Waals surface area contributed by atoms with Gasteiger partial charge in [-0.3, -0.25) is 4.79 Å². The number of carbonyl (C=O) groups excluding carboxylic acids is 1. The van der Waals surface area contributed by atoms with E-state index in [2.05, 4.69) is 10.5 Å². The van der Waals surface area contributed by atoms with Crippen LogP contribution in [0, 0.1) is 6.92 Å². The second-order valence-corrected chi connectivity index (χ2v) is 4.52. The Bertz CT molecular complexity index is 694. The summed E-state index contributed by atoms with van der Waals surface area (Å²) < 4.78 is 0. The maximum Gasteiger partial charge on any atom is 0.255 e. The van der Waals surface area contributed by atoms with Gasteiger partial charge in [0.1, 0.15) is 5.75 Å². The lowest BCUT2D eigenvalue weighted by Crippen LogP contribution is -2.15. The van der Waals surface area contributed by atoms with Crippen molar-refractivity contribution in [2.75, 3.05) is 5.32 Å². The van der Waals surface area contributed by atoms with E-state index in [0.717, 1.165) is 0 Å². The number of oxime groups is 1. The molecule has 1 amide bonds. The average Bonchev–Trinajstić information content (AvgIpc) is 2.47. The summed E-state index contributed by atoms with van der Waals surface area (Å²) in [5.74, 6) is -0.154. The van der Waals surface area contributed by atoms with E-state index in [1.807, 2.05) is 0 Å². The van der Waals surface area contributed by atoms with E-state index in [0.29, 0.717) is 22.4 Å². The van der Waals surface area contributed by atoms with E-state index in [9.17, 15) is 9.90 Å². The lowest BCUT2D eigenvalue weighted by molar-refractivity contribution is 0.102. The maximum absolute atomic E-state index is 12.1. The Morgan fingerprint density at radius 2 is 1.86 bits per heavy atom. The van der Waals surface area contributed by atoms with Crippen LogP contribution in [0.25, 0.3) is 0 Å². The van der Waals surface area contributed by atoms with Gasteiger partial charge in [0.2, 0.25) is 0 Å². The van der Waals surface area contributed by atoms with Crippen molar-refractivity contribution in [3.8, 4) is 5.75 Å². The first-order chi connectivity index (χ1) is 10.0. The van der Waals surface area contributed by atoms with Gasteiger partial charge < -0.3 is 21.4 Å². The summed E-state index contributed by atoms with van der Waals surface area (Å²) in [7, 11) is 0. The molecular formula is C15H15N3O3. The number of amides is 1. The van der Waals surface area contributed by atoms with Gasteiger partial charge in [-0.25, -0.2) is 0 Å². The van der Waals surface area contributed by atoms with E-state index in [1.54, 1.807) is 37.3 Å². The van der Waals surface area contributed by atoms with E-state index in [-0.39, 0.29) is 17.5 Å². The third-order valence-electron chi connectivity index (χ3n) is 3.00. The van der Waals surface area contributed by atoms with Crippen molar-refractivity contribution in [1.29, 1.82) is 0 Å². The van der Waals surface area contributed by atoms with Crippen LogP contribution in [0.1, 0.15) is 21.5 Å². The normalized spacial score (nSPS) is 11.2.